The number of hydrogen-bond acceptors (Lipinski definition) is 3. The second-order valence-corrected chi connectivity index (χ2v) is 8.54. The second kappa shape index (κ2) is 22.4. The molecule has 0 spiro atoms. The Morgan fingerprint density at radius 2 is 1.23 bits per heavy atom. The minimum Gasteiger partial charge on any atom is -0.481 e. The van der Waals surface area contributed by atoms with Crippen molar-refractivity contribution in [2.75, 3.05) is 6.61 Å². The van der Waals surface area contributed by atoms with Gasteiger partial charge in [-0.25, -0.2) is 0 Å². The number of aliphatic carboxylic acids is 1. The summed E-state index contributed by atoms with van der Waals surface area (Å²) in [6.45, 7) is 4.56. The molecule has 0 aromatic carbocycles. The van der Waals surface area contributed by atoms with Crippen LogP contribution in [0.25, 0.3) is 0 Å². The van der Waals surface area contributed by atoms with E-state index in [0.717, 1.165) is 19.3 Å². The van der Waals surface area contributed by atoms with Gasteiger partial charge in [-0.15, -0.1) is 0 Å². The number of esters is 1. The van der Waals surface area contributed by atoms with Crippen LogP contribution in [0.1, 0.15) is 129 Å². The highest BCUT2D eigenvalue weighted by Crippen LogP contribution is 2.18. The van der Waals surface area contributed by atoms with Crippen molar-refractivity contribution >= 4 is 11.9 Å². The van der Waals surface area contributed by atoms with Gasteiger partial charge in [0.15, 0.2) is 0 Å². The highest BCUT2D eigenvalue weighted by molar-refractivity contribution is 5.79. The number of allylic oxidation sites excluding steroid dienone is 2. The fourth-order valence-corrected chi connectivity index (χ4v) is 3.64. The molecule has 0 bridgehead atoms. The predicted octanol–water partition coefficient (Wildman–Crippen LogP) is 7.85. The summed E-state index contributed by atoms with van der Waals surface area (Å²) in [5, 5.41) is 8.99. The Morgan fingerprint density at radius 3 is 1.73 bits per heavy atom. The van der Waals surface area contributed by atoms with Gasteiger partial charge in [0.25, 0.3) is 0 Å². The van der Waals surface area contributed by atoms with E-state index in [4.69, 9.17) is 9.84 Å². The lowest BCUT2D eigenvalue weighted by molar-refractivity contribution is -0.153. The van der Waals surface area contributed by atoms with E-state index in [1.807, 2.05) is 6.92 Å². The van der Waals surface area contributed by atoms with Gasteiger partial charge in [-0.1, -0.05) is 103 Å². The van der Waals surface area contributed by atoms with E-state index >= 15 is 0 Å². The largest absolute Gasteiger partial charge is 0.481 e. The molecule has 0 radical (unpaired) electrons. The molecule has 1 N–H and O–H groups in total. The SMILES string of the molecule is CCCC/C=C/CCCCCCCCCCCCCC(CC(=O)O)C(=O)OCCC. The van der Waals surface area contributed by atoms with Crippen molar-refractivity contribution in [2.45, 2.75) is 129 Å². The van der Waals surface area contributed by atoms with E-state index < -0.39 is 11.9 Å². The number of carboxylic acid groups (broad SMARTS) is 1. The Balaban J connectivity index is 3.49. The van der Waals surface area contributed by atoms with Gasteiger partial charge in [0.1, 0.15) is 0 Å². The van der Waals surface area contributed by atoms with Crippen LogP contribution in [-0.2, 0) is 14.3 Å². The van der Waals surface area contributed by atoms with E-state index in [1.165, 1.54) is 83.5 Å². The first-order chi connectivity index (χ1) is 14.6. The number of unbranched alkanes of at least 4 members (excludes halogenated alkanes) is 13. The normalized spacial score (nSPS) is 12.3. The minimum atomic E-state index is -0.920. The predicted molar refractivity (Wildman–Crippen MR) is 126 cm³/mol. The van der Waals surface area contributed by atoms with E-state index in [1.54, 1.807) is 0 Å². The standard InChI is InChI=1S/C26H48O4/c1-3-5-6-7-8-9-10-11-12-13-14-15-16-17-18-19-20-21-24(23-25(27)28)26(29)30-22-4-2/h7-8,24H,3-6,9-23H2,1-2H3,(H,27,28)/b8-7+. The first-order valence-corrected chi connectivity index (χ1v) is 12.6. The lowest BCUT2D eigenvalue weighted by Gasteiger charge is -2.13. The highest BCUT2D eigenvalue weighted by Gasteiger charge is 2.22. The number of hydrogen-bond donors (Lipinski definition) is 1. The zero-order valence-corrected chi connectivity index (χ0v) is 19.8. The molecule has 0 amide bonds. The minimum absolute atomic E-state index is 0.113. The lowest BCUT2D eigenvalue weighted by Crippen LogP contribution is -2.21. The molecule has 0 aliphatic heterocycles. The van der Waals surface area contributed by atoms with Crippen molar-refractivity contribution in [1.82, 2.24) is 0 Å². The molecule has 0 aliphatic carbocycles. The zero-order chi connectivity index (χ0) is 22.3. The van der Waals surface area contributed by atoms with E-state index in [-0.39, 0.29) is 12.4 Å². The fraction of sp³-hybridized carbons (Fsp3) is 0.846. The number of carbonyl (C=O) groups excluding carboxylic acids is 1. The van der Waals surface area contributed by atoms with Crippen molar-refractivity contribution in [3.8, 4) is 0 Å². The maximum atomic E-state index is 12.0. The van der Waals surface area contributed by atoms with Crippen molar-refractivity contribution in [1.29, 1.82) is 0 Å². The summed E-state index contributed by atoms with van der Waals surface area (Å²) in [5.41, 5.74) is 0. The molecule has 4 heteroatoms. The lowest BCUT2D eigenvalue weighted by atomic mass is 9.97. The number of carboxylic acids is 1. The topological polar surface area (TPSA) is 63.6 Å². The summed E-state index contributed by atoms with van der Waals surface area (Å²) in [5.74, 6) is -1.75. The molecule has 30 heavy (non-hydrogen) atoms. The molecule has 4 nitrogen and oxygen atoms in total. The Labute approximate surface area is 185 Å². The van der Waals surface area contributed by atoms with Crippen molar-refractivity contribution in [2.24, 2.45) is 5.92 Å². The van der Waals surface area contributed by atoms with Gasteiger partial charge in [-0.05, 0) is 32.1 Å². The van der Waals surface area contributed by atoms with Crippen LogP contribution in [0.15, 0.2) is 12.2 Å². The molecule has 0 heterocycles. The van der Waals surface area contributed by atoms with Crippen LogP contribution in [0.5, 0.6) is 0 Å². The van der Waals surface area contributed by atoms with Gasteiger partial charge in [0.05, 0.1) is 18.9 Å². The average molecular weight is 425 g/mol. The molecule has 1 unspecified atom stereocenters. The van der Waals surface area contributed by atoms with Crippen LogP contribution < -0.4 is 0 Å². The molecule has 0 saturated carbocycles. The number of rotatable bonds is 22. The average Bonchev–Trinajstić information content (AvgIpc) is 2.73. The van der Waals surface area contributed by atoms with E-state index in [9.17, 15) is 9.59 Å². The van der Waals surface area contributed by atoms with Crippen molar-refractivity contribution in [3.63, 3.8) is 0 Å². The third kappa shape index (κ3) is 20.0. The molecule has 0 fully saturated rings. The quantitative estimate of drug-likeness (QED) is 0.109. The summed E-state index contributed by atoms with van der Waals surface area (Å²) < 4.78 is 5.13. The van der Waals surface area contributed by atoms with Crippen molar-refractivity contribution in [3.05, 3.63) is 12.2 Å². The summed E-state index contributed by atoms with van der Waals surface area (Å²) in [6, 6.07) is 0. The van der Waals surface area contributed by atoms with E-state index in [0.29, 0.717) is 13.0 Å². The molecular formula is C26H48O4. The highest BCUT2D eigenvalue weighted by atomic mass is 16.5. The molecule has 0 saturated heterocycles. The third-order valence-electron chi connectivity index (χ3n) is 5.52. The second-order valence-electron chi connectivity index (χ2n) is 8.54. The van der Waals surface area contributed by atoms with Crippen LogP contribution in [-0.4, -0.2) is 23.7 Å². The van der Waals surface area contributed by atoms with Gasteiger partial charge < -0.3 is 9.84 Å². The monoisotopic (exact) mass is 424 g/mol. The molecule has 0 rings (SSSR count). The first kappa shape index (κ1) is 28.7. The molecule has 1 atom stereocenters. The van der Waals surface area contributed by atoms with Gasteiger partial charge >= 0.3 is 11.9 Å². The van der Waals surface area contributed by atoms with Gasteiger partial charge in [-0.3, -0.25) is 9.59 Å². The maximum Gasteiger partial charge on any atom is 0.309 e. The summed E-state index contributed by atoms with van der Waals surface area (Å²) in [6.07, 6.45) is 24.8. The molecule has 0 aliphatic rings. The van der Waals surface area contributed by atoms with E-state index in [2.05, 4.69) is 19.1 Å². The third-order valence-corrected chi connectivity index (χ3v) is 5.52. The van der Waals surface area contributed by atoms with Crippen LogP contribution in [0.2, 0.25) is 0 Å². The summed E-state index contributed by atoms with van der Waals surface area (Å²) in [7, 11) is 0. The molecule has 176 valence electrons. The smallest absolute Gasteiger partial charge is 0.309 e. The Kier molecular flexibility index (Phi) is 21.4. The van der Waals surface area contributed by atoms with Crippen LogP contribution >= 0.6 is 0 Å². The number of carbonyl (C=O) groups is 2. The Morgan fingerprint density at radius 1 is 0.733 bits per heavy atom. The summed E-state index contributed by atoms with van der Waals surface area (Å²) in [4.78, 5) is 22.9. The number of ether oxygens (including phenoxy) is 1. The van der Waals surface area contributed by atoms with Gasteiger partial charge in [-0.2, -0.15) is 0 Å². The molecule has 0 aromatic heterocycles. The van der Waals surface area contributed by atoms with Gasteiger partial charge in [0.2, 0.25) is 0 Å². The fourth-order valence-electron chi connectivity index (χ4n) is 3.64. The molecular weight excluding hydrogens is 376 g/mol. The Bertz CT molecular complexity index is 431. The zero-order valence-electron chi connectivity index (χ0n) is 19.8. The maximum absolute atomic E-state index is 12.0. The molecule has 0 aromatic rings. The van der Waals surface area contributed by atoms with Gasteiger partial charge in [0, 0.05) is 0 Å². The van der Waals surface area contributed by atoms with Crippen LogP contribution in [0.3, 0.4) is 0 Å². The van der Waals surface area contributed by atoms with Crippen LogP contribution in [0, 0.1) is 5.92 Å². The van der Waals surface area contributed by atoms with Crippen molar-refractivity contribution < 1.29 is 19.4 Å². The summed E-state index contributed by atoms with van der Waals surface area (Å²) >= 11 is 0. The first-order valence-electron chi connectivity index (χ1n) is 12.6. The van der Waals surface area contributed by atoms with Crippen LogP contribution in [0.4, 0.5) is 0 Å². The Hall–Kier alpha value is -1.32.